The lowest BCUT2D eigenvalue weighted by Crippen LogP contribution is -2.28. The summed E-state index contributed by atoms with van der Waals surface area (Å²) in [5.41, 5.74) is 52.3. The molecule has 135 heavy (non-hydrogen) atoms. The van der Waals surface area contributed by atoms with Crippen LogP contribution in [0.15, 0.2) is 485 Å². The summed E-state index contributed by atoms with van der Waals surface area (Å²) in [6, 6.07) is 179. The summed E-state index contributed by atoms with van der Waals surface area (Å²) in [7, 11) is 0. The monoisotopic (exact) mass is 1730 g/mol. The summed E-state index contributed by atoms with van der Waals surface area (Å²) >= 11 is 0. The normalized spacial score (nSPS) is 15.3. The molecule has 0 heterocycles. The Hall–Kier alpha value is -15.6. The van der Waals surface area contributed by atoms with Crippen molar-refractivity contribution in [2.24, 2.45) is 0 Å². The smallest absolute Gasteiger partial charge is 0.0622 e. The van der Waals surface area contributed by atoms with Crippen molar-refractivity contribution in [3.63, 3.8) is 0 Å². The first-order chi connectivity index (χ1) is 66.1. The molecule has 0 radical (unpaired) electrons. The molecule has 20 aromatic rings. The van der Waals surface area contributed by atoms with Crippen LogP contribution in [-0.2, 0) is 27.1 Å². The van der Waals surface area contributed by atoms with Gasteiger partial charge in [-0.2, -0.15) is 0 Å². The van der Waals surface area contributed by atoms with Crippen molar-refractivity contribution in [2.45, 2.75) is 96.3 Å². The number of benzene rings is 20. The minimum atomic E-state index is -0.273. The molecular weight excluding hydrogens is 1620 g/mol. The first-order valence-corrected chi connectivity index (χ1v) is 47.7. The van der Waals surface area contributed by atoms with Crippen LogP contribution in [0.5, 0.6) is 0 Å². The second-order valence-corrected chi connectivity index (χ2v) is 37.8. The van der Waals surface area contributed by atoms with Crippen LogP contribution in [0.3, 0.4) is 0 Å². The van der Waals surface area contributed by atoms with Crippen LogP contribution in [0.1, 0.15) is 167 Å². The molecule has 0 aromatic heterocycles. The molecule has 25 rings (SSSR count). The van der Waals surface area contributed by atoms with E-state index in [0.717, 1.165) is 0 Å². The molecule has 0 heteroatoms. The molecule has 2 atom stereocenters. The van der Waals surface area contributed by atoms with E-state index in [4.69, 9.17) is 0 Å². The van der Waals surface area contributed by atoms with Crippen LogP contribution < -0.4 is 0 Å². The number of fused-ring (bicyclic) bond motifs is 15. The summed E-state index contributed by atoms with van der Waals surface area (Å²) < 4.78 is 0. The van der Waals surface area contributed by atoms with Gasteiger partial charge in [-0.15, -0.1) is 0 Å². The van der Waals surface area contributed by atoms with Gasteiger partial charge in [-0.3, -0.25) is 0 Å². The molecule has 0 fully saturated rings. The number of hydrogen-bond donors (Lipinski definition) is 0. The minimum absolute atomic E-state index is 0.269. The van der Waals surface area contributed by atoms with Crippen LogP contribution >= 0.6 is 0 Å². The van der Waals surface area contributed by atoms with E-state index in [-0.39, 0.29) is 27.1 Å². The maximum Gasteiger partial charge on any atom is 0.0713 e. The van der Waals surface area contributed by atoms with Gasteiger partial charge in [0.05, 0.1) is 27.1 Å². The van der Waals surface area contributed by atoms with Gasteiger partial charge in [0.2, 0.25) is 0 Å². The highest BCUT2D eigenvalue weighted by Gasteiger charge is 2.52. The molecule has 0 spiro atoms. The zero-order valence-corrected chi connectivity index (χ0v) is 78.7. The molecule has 650 valence electrons. The zero-order chi connectivity index (χ0) is 92.2. The molecule has 0 bridgehead atoms. The van der Waals surface area contributed by atoms with Crippen LogP contribution in [0.4, 0.5) is 0 Å². The second kappa shape index (κ2) is 35.5. The molecule has 0 amide bonds. The van der Waals surface area contributed by atoms with Crippen LogP contribution in [0.2, 0.25) is 0 Å². The highest BCUT2D eigenvalue weighted by molar-refractivity contribution is 5.93. The standard InChI is InChI=1S/5C27H22/c1-19-14-16-21(17-15-19)27(22-9-7-8-20(2)18-22)25-12-5-3-10-23(25)24-11-4-6-13-26(24)27;1-19-11-15-21(16-12-19)27(22-17-13-20(2)14-18-22)25-9-5-3-7-23(25)24-8-4-6-10-26(24)27;1-19-16-17-23-25(18-19)27(21-11-5-3-6-12-21,22-13-7-4-8-14-22)24-15-9-10-20(2)26(23)24;1-19-15-17-22(18-16-19)27(21-10-4-3-5-11-21)24-13-7-6-12-23(24)26-20(2)9-8-14-25(26)27;1-19-12-15-22(16-13-19)27(21-8-4-3-5-9-21)25-11-7-6-10-23(25)24-17-14-20(2)18-26(24)27/h5*3-18H,1-2H3. The number of aryl methyl sites for hydroxylation is 10. The predicted molar refractivity (Wildman–Crippen MR) is 566 cm³/mol. The van der Waals surface area contributed by atoms with Gasteiger partial charge in [-0.25, -0.2) is 0 Å². The highest BCUT2D eigenvalue weighted by atomic mass is 14.5. The first kappa shape index (κ1) is 86.1. The molecule has 0 saturated heterocycles. The Morgan fingerprint density at radius 1 is 0.111 bits per heavy atom. The Labute approximate surface area is 798 Å². The van der Waals surface area contributed by atoms with Crippen molar-refractivity contribution in [2.75, 3.05) is 0 Å². The van der Waals surface area contributed by atoms with Crippen LogP contribution in [-0.4, -0.2) is 0 Å². The summed E-state index contributed by atoms with van der Waals surface area (Å²) in [4.78, 5) is 0. The van der Waals surface area contributed by atoms with E-state index in [1.807, 2.05) is 0 Å². The third kappa shape index (κ3) is 14.2. The third-order valence-electron chi connectivity index (χ3n) is 29.6. The summed E-state index contributed by atoms with van der Waals surface area (Å²) in [6.07, 6.45) is 0. The third-order valence-corrected chi connectivity index (χ3v) is 29.6. The quantitative estimate of drug-likeness (QED) is 0.128. The topological polar surface area (TPSA) is 0 Å². The fourth-order valence-electron chi connectivity index (χ4n) is 23.6. The van der Waals surface area contributed by atoms with E-state index in [9.17, 15) is 0 Å². The minimum Gasteiger partial charge on any atom is -0.0622 e. The van der Waals surface area contributed by atoms with E-state index in [0.29, 0.717) is 0 Å². The average Bonchev–Trinajstić information content (AvgIpc) is 1.56. The Morgan fingerprint density at radius 3 is 0.607 bits per heavy atom. The van der Waals surface area contributed by atoms with Gasteiger partial charge in [-0.05, 0) is 247 Å². The van der Waals surface area contributed by atoms with Gasteiger partial charge < -0.3 is 0 Å². The predicted octanol–water partition coefficient (Wildman–Crippen LogP) is 33.3. The van der Waals surface area contributed by atoms with E-state index in [2.05, 4.69) is 555 Å². The Balaban J connectivity index is 0.000000101. The molecule has 5 aliphatic carbocycles. The molecule has 0 aliphatic heterocycles. The number of rotatable bonds is 10. The van der Waals surface area contributed by atoms with Crippen LogP contribution in [0.25, 0.3) is 55.6 Å². The zero-order valence-electron chi connectivity index (χ0n) is 78.7. The first-order valence-electron chi connectivity index (χ1n) is 47.7. The molecule has 2 unspecified atom stereocenters. The second-order valence-electron chi connectivity index (χ2n) is 37.8. The maximum atomic E-state index is 2.38. The molecule has 20 aromatic carbocycles. The summed E-state index contributed by atoms with van der Waals surface area (Å²) in [5, 5.41) is 0. The summed E-state index contributed by atoms with van der Waals surface area (Å²) in [6.45, 7) is 21.8. The highest BCUT2D eigenvalue weighted by Crippen LogP contribution is 2.63. The largest absolute Gasteiger partial charge is 0.0713 e. The van der Waals surface area contributed by atoms with Crippen molar-refractivity contribution in [3.8, 4) is 55.6 Å². The van der Waals surface area contributed by atoms with Gasteiger partial charge in [-0.1, -0.05) is 530 Å². The lowest BCUT2D eigenvalue weighted by Gasteiger charge is -2.34. The molecular formula is C135H110. The van der Waals surface area contributed by atoms with E-state index < -0.39 is 0 Å². The average molecular weight is 1730 g/mol. The summed E-state index contributed by atoms with van der Waals surface area (Å²) in [5.74, 6) is 0. The van der Waals surface area contributed by atoms with E-state index in [1.165, 1.54) is 223 Å². The van der Waals surface area contributed by atoms with Crippen molar-refractivity contribution >= 4 is 0 Å². The lowest BCUT2D eigenvalue weighted by molar-refractivity contribution is 0.767. The van der Waals surface area contributed by atoms with Gasteiger partial charge in [0.15, 0.2) is 0 Å². The van der Waals surface area contributed by atoms with Crippen molar-refractivity contribution in [1.29, 1.82) is 0 Å². The fourth-order valence-corrected chi connectivity index (χ4v) is 23.6. The van der Waals surface area contributed by atoms with Crippen molar-refractivity contribution in [3.05, 3.63) is 652 Å². The SMILES string of the molecule is Cc1ccc(C2(c3ccc(C)cc3)c3ccccc3-c3ccccc32)cc1.Cc1ccc(C2(c3cccc(C)c3)c3ccccc3-c3ccccc32)cc1.Cc1ccc(C2(c3ccccc3)c3ccccc3-c3c(C)cccc32)cc1.Cc1ccc(C2(c3ccccc3)c3ccccc3-c3ccc(C)cc32)cc1.Cc1ccc2c(c1)C(c1ccccc1)(c1ccccc1)c1cccc(C)c1-2. The van der Waals surface area contributed by atoms with Gasteiger partial charge in [0.25, 0.3) is 0 Å². The van der Waals surface area contributed by atoms with E-state index >= 15 is 0 Å². The molecule has 5 aliphatic rings. The van der Waals surface area contributed by atoms with Crippen molar-refractivity contribution in [1.82, 2.24) is 0 Å². The van der Waals surface area contributed by atoms with Crippen LogP contribution in [0, 0.1) is 69.2 Å². The Morgan fingerprint density at radius 2 is 0.296 bits per heavy atom. The maximum absolute atomic E-state index is 2.38. The lowest BCUT2D eigenvalue weighted by atomic mass is 9.67. The van der Waals surface area contributed by atoms with Gasteiger partial charge >= 0.3 is 0 Å². The number of hydrogen-bond acceptors (Lipinski definition) is 0. The molecule has 0 nitrogen and oxygen atoms in total. The van der Waals surface area contributed by atoms with E-state index in [1.54, 1.807) is 0 Å². The van der Waals surface area contributed by atoms with Gasteiger partial charge in [0, 0.05) is 0 Å². The fraction of sp³-hybridized carbons (Fsp3) is 0.111. The Kier molecular flexibility index (Phi) is 22.7. The Bertz CT molecular complexity index is 7430. The van der Waals surface area contributed by atoms with Crippen molar-refractivity contribution < 1.29 is 0 Å². The van der Waals surface area contributed by atoms with Gasteiger partial charge in [0.1, 0.15) is 0 Å². The molecule has 0 N–H and O–H groups in total. The molecule has 0 saturated carbocycles.